The summed E-state index contributed by atoms with van der Waals surface area (Å²) in [7, 11) is 0. The molecule has 1 aliphatic heterocycles. The fraction of sp³-hybridized carbons (Fsp3) is 0.923. The van der Waals surface area contributed by atoms with E-state index in [0.29, 0.717) is 6.04 Å². The molecule has 0 aromatic carbocycles. The third-order valence-corrected chi connectivity index (χ3v) is 3.45. The van der Waals surface area contributed by atoms with Crippen LogP contribution in [0, 0.1) is 0 Å². The number of hydrogen-bond donors (Lipinski definition) is 2. The Morgan fingerprint density at radius 1 is 1.47 bits per heavy atom. The first kappa shape index (κ1) is 14.5. The zero-order valence-corrected chi connectivity index (χ0v) is 11.6. The van der Waals surface area contributed by atoms with Crippen LogP contribution >= 0.6 is 0 Å². The maximum Gasteiger partial charge on any atom is 0.234 e. The number of piperidine rings is 1. The van der Waals surface area contributed by atoms with Crippen molar-refractivity contribution in [3.8, 4) is 0 Å². The molecule has 100 valence electrons. The topological polar surface area (TPSA) is 58.4 Å². The Labute approximate surface area is 105 Å². The molecule has 2 unspecified atom stereocenters. The minimum atomic E-state index is -0.215. The predicted octanol–water partition coefficient (Wildman–Crippen LogP) is 1.10. The van der Waals surface area contributed by atoms with Crippen LogP contribution in [0.1, 0.15) is 47.0 Å². The first-order valence-corrected chi connectivity index (χ1v) is 6.61. The van der Waals surface area contributed by atoms with Crippen molar-refractivity contribution >= 4 is 5.91 Å². The van der Waals surface area contributed by atoms with Gasteiger partial charge in [-0.1, -0.05) is 6.42 Å². The Morgan fingerprint density at radius 3 is 2.65 bits per heavy atom. The molecule has 2 atom stereocenters. The van der Waals surface area contributed by atoms with E-state index in [1.54, 1.807) is 0 Å². The molecule has 1 rings (SSSR count). The van der Waals surface area contributed by atoms with Crippen LogP contribution in [0.15, 0.2) is 0 Å². The molecule has 0 aromatic heterocycles. The highest BCUT2D eigenvalue weighted by Gasteiger charge is 2.29. The molecule has 17 heavy (non-hydrogen) atoms. The number of hydrogen-bond acceptors (Lipinski definition) is 3. The quantitative estimate of drug-likeness (QED) is 0.775. The Hall–Kier alpha value is -0.610. The van der Waals surface area contributed by atoms with Crippen LogP contribution in [0.2, 0.25) is 0 Å². The summed E-state index contributed by atoms with van der Waals surface area (Å²) < 4.78 is 0. The van der Waals surface area contributed by atoms with Crippen molar-refractivity contribution in [1.82, 2.24) is 10.2 Å². The zero-order valence-electron chi connectivity index (χ0n) is 11.6. The zero-order chi connectivity index (χ0) is 13.1. The van der Waals surface area contributed by atoms with Crippen molar-refractivity contribution in [2.24, 2.45) is 5.73 Å². The van der Waals surface area contributed by atoms with Crippen molar-refractivity contribution in [2.45, 2.75) is 64.6 Å². The van der Waals surface area contributed by atoms with Crippen molar-refractivity contribution in [3.05, 3.63) is 0 Å². The van der Waals surface area contributed by atoms with E-state index in [-0.39, 0.29) is 17.5 Å². The fourth-order valence-electron chi connectivity index (χ4n) is 2.34. The SMILES string of the molecule is CC(C(N)=O)N1CCCCC1CNC(C)(C)C. The monoisotopic (exact) mass is 241 g/mol. The Kier molecular flexibility index (Phi) is 4.95. The van der Waals surface area contributed by atoms with Crippen molar-refractivity contribution in [3.63, 3.8) is 0 Å². The van der Waals surface area contributed by atoms with Crippen molar-refractivity contribution in [2.75, 3.05) is 13.1 Å². The van der Waals surface area contributed by atoms with Gasteiger partial charge in [0.15, 0.2) is 0 Å². The lowest BCUT2D eigenvalue weighted by Crippen LogP contribution is -2.55. The van der Waals surface area contributed by atoms with E-state index >= 15 is 0 Å². The fourth-order valence-corrected chi connectivity index (χ4v) is 2.34. The molecule has 0 bridgehead atoms. The van der Waals surface area contributed by atoms with Crippen LogP contribution in [0.5, 0.6) is 0 Å². The number of amides is 1. The molecular weight excluding hydrogens is 214 g/mol. The first-order chi connectivity index (χ1) is 7.81. The van der Waals surface area contributed by atoms with Crippen LogP contribution in [0.4, 0.5) is 0 Å². The number of nitrogens with two attached hydrogens (primary N) is 1. The number of primary amides is 1. The van der Waals surface area contributed by atoms with Crippen LogP contribution in [-0.2, 0) is 4.79 Å². The number of nitrogens with one attached hydrogen (secondary N) is 1. The van der Waals surface area contributed by atoms with Gasteiger partial charge in [0.25, 0.3) is 0 Å². The van der Waals surface area contributed by atoms with Gasteiger partial charge in [0.05, 0.1) is 6.04 Å². The van der Waals surface area contributed by atoms with Crippen LogP contribution in [-0.4, -0.2) is 41.5 Å². The third kappa shape index (κ3) is 4.64. The van der Waals surface area contributed by atoms with Gasteiger partial charge in [0.2, 0.25) is 5.91 Å². The summed E-state index contributed by atoms with van der Waals surface area (Å²) >= 11 is 0. The lowest BCUT2D eigenvalue weighted by Gasteiger charge is -2.40. The Balaban J connectivity index is 2.57. The molecule has 0 radical (unpaired) electrons. The van der Waals surface area contributed by atoms with E-state index < -0.39 is 0 Å². The molecule has 4 heteroatoms. The molecule has 4 nitrogen and oxygen atoms in total. The van der Waals surface area contributed by atoms with E-state index in [9.17, 15) is 4.79 Å². The standard InChI is InChI=1S/C13H27N3O/c1-10(12(14)17)16-8-6-5-7-11(16)9-15-13(2,3)4/h10-11,15H,5-9H2,1-4H3,(H2,14,17). The Bertz CT molecular complexity index is 260. The second-order valence-electron chi connectivity index (χ2n) is 6.10. The molecule has 0 spiro atoms. The van der Waals surface area contributed by atoms with Crippen molar-refractivity contribution < 1.29 is 4.79 Å². The molecule has 1 aliphatic rings. The largest absolute Gasteiger partial charge is 0.368 e. The summed E-state index contributed by atoms with van der Waals surface area (Å²) in [5.74, 6) is -0.215. The summed E-state index contributed by atoms with van der Waals surface area (Å²) in [6, 6.07) is 0.285. The van der Waals surface area contributed by atoms with Gasteiger partial charge in [0, 0.05) is 18.1 Å². The summed E-state index contributed by atoms with van der Waals surface area (Å²) in [4.78, 5) is 13.6. The van der Waals surface area contributed by atoms with E-state index in [2.05, 4.69) is 31.0 Å². The van der Waals surface area contributed by atoms with E-state index in [1.807, 2.05) is 6.92 Å². The maximum absolute atomic E-state index is 11.3. The molecular formula is C13H27N3O. The summed E-state index contributed by atoms with van der Waals surface area (Å²) in [5, 5.41) is 3.52. The van der Waals surface area contributed by atoms with Gasteiger partial charge in [-0.3, -0.25) is 9.69 Å². The minimum absolute atomic E-state index is 0.124. The summed E-state index contributed by atoms with van der Waals surface area (Å²) in [5.41, 5.74) is 5.53. The molecule has 1 saturated heterocycles. The van der Waals surface area contributed by atoms with Crippen LogP contribution < -0.4 is 11.1 Å². The normalized spacial score (nSPS) is 24.6. The van der Waals surface area contributed by atoms with Gasteiger partial charge < -0.3 is 11.1 Å². The highest BCUT2D eigenvalue weighted by molar-refractivity contribution is 5.79. The van der Waals surface area contributed by atoms with Gasteiger partial charge in [0.1, 0.15) is 0 Å². The molecule has 1 amide bonds. The Morgan fingerprint density at radius 2 is 2.12 bits per heavy atom. The van der Waals surface area contributed by atoms with E-state index in [0.717, 1.165) is 19.5 Å². The van der Waals surface area contributed by atoms with Crippen LogP contribution in [0.25, 0.3) is 0 Å². The summed E-state index contributed by atoms with van der Waals surface area (Å²) in [6.45, 7) is 10.3. The molecule has 1 heterocycles. The molecule has 0 aromatic rings. The minimum Gasteiger partial charge on any atom is -0.368 e. The molecule has 0 saturated carbocycles. The van der Waals surface area contributed by atoms with Crippen molar-refractivity contribution in [1.29, 1.82) is 0 Å². The van der Waals surface area contributed by atoms with Gasteiger partial charge in [-0.15, -0.1) is 0 Å². The number of likely N-dealkylation sites (tertiary alicyclic amines) is 1. The highest BCUT2D eigenvalue weighted by atomic mass is 16.1. The van der Waals surface area contributed by atoms with Gasteiger partial charge >= 0.3 is 0 Å². The average molecular weight is 241 g/mol. The predicted molar refractivity (Wildman–Crippen MR) is 70.8 cm³/mol. The number of nitrogens with zero attached hydrogens (tertiary/aromatic N) is 1. The van der Waals surface area contributed by atoms with Crippen LogP contribution in [0.3, 0.4) is 0 Å². The third-order valence-electron chi connectivity index (χ3n) is 3.45. The maximum atomic E-state index is 11.3. The first-order valence-electron chi connectivity index (χ1n) is 6.61. The van der Waals surface area contributed by atoms with E-state index in [1.165, 1.54) is 12.8 Å². The second kappa shape index (κ2) is 5.83. The average Bonchev–Trinajstić information content (AvgIpc) is 2.24. The molecule has 3 N–H and O–H groups in total. The molecule has 0 aliphatic carbocycles. The van der Waals surface area contributed by atoms with Gasteiger partial charge in [-0.2, -0.15) is 0 Å². The summed E-state index contributed by atoms with van der Waals surface area (Å²) in [6.07, 6.45) is 3.57. The van der Waals surface area contributed by atoms with Gasteiger partial charge in [-0.25, -0.2) is 0 Å². The number of carbonyl (C=O) groups excluding carboxylic acids is 1. The van der Waals surface area contributed by atoms with Gasteiger partial charge in [-0.05, 0) is 47.1 Å². The number of carbonyl (C=O) groups is 1. The lowest BCUT2D eigenvalue weighted by molar-refractivity contribution is -0.124. The van der Waals surface area contributed by atoms with E-state index in [4.69, 9.17) is 5.73 Å². The molecule has 1 fully saturated rings. The number of rotatable bonds is 4. The lowest BCUT2D eigenvalue weighted by atomic mass is 9.98. The second-order valence-corrected chi connectivity index (χ2v) is 6.10. The smallest absolute Gasteiger partial charge is 0.234 e. The highest BCUT2D eigenvalue weighted by Crippen LogP contribution is 2.19.